The van der Waals surface area contributed by atoms with Gasteiger partial charge in [0.25, 0.3) is 0 Å². The molecule has 0 spiro atoms. The Morgan fingerprint density at radius 2 is 1.94 bits per heavy atom. The number of hydrogen-bond donors (Lipinski definition) is 0. The van der Waals surface area contributed by atoms with Gasteiger partial charge in [0.2, 0.25) is 0 Å². The summed E-state index contributed by atoms with van der Waals surface area (Å²) in [5.74, 6) is -0.139. The van der Waals surface area contributed by atoms with Crippen LogP contribution in [0.5, 0.6) is 0 Å². The fourth-order valence-electron chi connectivity index (χ4n) is 2.79. The van der Waals surface area contributed by atoms with E-state index < -0.39 is 17.7 Å². The third-order valence-corrected chi connectivity index (χ3v) is 5.61. The number of halogens is 3. The molecule has 172 valence electrons. The average Bonchev–Trinajstić information content (AvgIpc) is 3.03. The van der Waals surface area contributed by atoms with Crippen molar-refractivity contribution in [3.05, 3.63) is 23.8 Å². The normalized spacial score (nSPS) is 12.7. The monoisotopic (exact) mass is 460 g/mol. The molecule has 0 radical (unpaired) electrons. The van der Waals surface area contributed by atoms with Crippen molar-refractivity contribution in [1.82, 2.24) is 9.55 Å². The number of hydrogen-bond acceptors (Lipinski definition) is 6. The Morgan fingerprint density at radius 3 is 2.58 bits per heavy atom. The van der Waals surface area contributed by atoms with Gasteiger partial charge in [0, 0.05) is 12.2 Å². The van der Waals surface area contributed by atoms with Crippen molar-refractivity contribution in [3.63, 3.8) is 0 Å². The summed E-state index contributed by atoms with van der Waals surface area (Å²) in [6, 6.07) is 3.29. The Labute approximate surface area is 183 Å². The van der Waals surface area contributed by atoms with Crippen molar-refractivity contribution in [2.24, 2.45) is 0 Å². The number of esters is 2. The molecule has 6 nitrogen and oxygen atoms in total. The fourth-order valence-corrected chi connectivity index (χ4v) is 3.80. The molecule has 0 bridgehead atoms. The van der Waals surface area contributed by atoms with Crippen LogP contribution < -0.4 is 0 Å². The first-order valence-corrected chi connectivity index (χ1v) is 11.2. The molecule has 1 unspecified atom stereocenters. The molecule has 1 aromatic heterocycles. The molecule has 0 fully saturated rings. The second-order valence-electron chi connectivity index (χ2n) is 7.00. The Bertz CT molecular complexity index is 899. The van der Waals surface area contributed by atoms with Crippen LogP contribution >= 0.6 is 11.8 Å². The van der Waals surface area contributed by atoms with Gasteiger partial charge >= 0.3 is 18.1 Å². The highest BCUT2D eigenvalue weighted by Crippen LogP contribution is 2.33. The van der Waals surface area contributed by atoms with Crippen LogP contribution in [0.2, 0.25) is 0 Å². The Balaban J connectivity index is 2.17. The number of ether oxygens (including phenoxy) is 2. The quantitative estimate of drug-likeness (QED) is 0.260. The van der Waals surface area contributed by atoms with Gasteiger partial charge in [-0.1, -0.05) is 18.7 Å². The predicted molar refractivity (Wildman–Crippen MR) is 112 cm³/mol. The molecule has 0 saturated heterocycles. The van der Waals surface area contributed by atoms with E-state index in [0.717, 1.165) is 12.1 Å². The number of unbranched alkanes of at least 4 members (excludes halogenated alkanes) is 1. The summed E-state index contributed by atoms with van der Waals surface area (Å²) < 4.78 is 51.0. The molecule has 0 aliphatic rings. The lowest BCUT2D eigenvalue weighted by Gasteiger charge is -2.13. The first kappa shape index (κ1) is 25.0. The number of carbonyl (C=O) groups excluding carboxylic acids is 2. The Hall–Kier alpha value is -2.23. The molecule has 1 aromatic carbocycles. The third-order valence-electron chi connectivity index (χ3n) is 4.55. The van der Waals surface area contributed by atoms with Gasteiger partial charge in [-0.15, -0.1) is 0 Å². The number of aromatic nitrogens is 2. The highest BCUT2D eigenvalue weighted by atomic mass is 32.2. The first-order chi connectivity index (χ1) is 14.7. The van der Waals surface area contributed by atoms with E-state index in [4.69, 9.17) is 9.47 Å². The highest BCUT2D eigenvalue weighted by molar-refractivity contribution is 7.99. The van der Waals surface area contributed by atoms with Crippen molar-refractivity contribution in [2.75, 3.05) is 12.4 Å². The van der Waals surface area contributed by atoms with Crippen LogP contribution in [-0.4, -0.2) is 40.0 Å². The van der Waals surface area contributed by atoms with Gasteiger partial charge in [-0.25, -0.2) is 4.98 Å². The summed E-state index contributed by atoms with van der Waals surface area (Å²) in [5, 5.41) is 0.437. The molecular weight excluding hydrogens is 433 g/mol. The average molecular weight is 461 g/mol. The van der Waals surface area contributed by atoms with Crippen LogP contribution in [0.25, 0.3) is 11.0 Å². The maximum atomic E-state index is 13.1. The SMILES string of the molecule is CCOC(=O)CCCCSc1nc2cc(C(F)(F)F)ccc2n1CC(=O)OC(C)CC. The molecule has 0 aliphatic heterocycles. The lowest BCUT2D eigenvalue weighted by Crippen LogP contribution is -2.19. The van der Waals surface area contributed by atoms with Gasteiger partial charge in [0.15, 0.2) is 5.16 Å². The van der Waals surface area contributed by atoms with E-state index in [9.17, 15) is 22.8 Å². The van der Waals surface area contributed by atoms with Crippen LogP contribution in [0.3, 0.4) is 0 Å². The maximum Gasteiger partial charge on any atom is 0.416 e. The largest absolute Gasteiger partial charge is 0.466 e. The van der Waals surface area contributed by atoms with Gasteiger partial charge < -0.3 is 14.0 Å². The van der Waals surface area contributed by atoms with Gasteiger partial charge in [0.05, 0.1) is 29.3 Å². The number of rotatable bonds is 11. The standard InChI is InChI=1S/C21H27F3N2O4S/c1-4-14(3)30-19(28)13-26-17-10-9-15(21(22,23)24)12-16(17)25-20(26)31-11-7-6-8-18(27)29-5-2/h9-10,12,14H,4-8,11,13H2,1-3H3. The summed E-state index contributed by atoms with van der Waals surface area (Å²) in [4.78, 5) is 28.0. The van der Waals surface area contributed by atoms with E-state index in [1.807, 2.05) is 6.92 Å². The second-order valence-corrected chi connectivity index (χ2v) is 8.06. The van der Waals surface area contributed by atoms with Crippen LogP contribution in [0, 0.1) is 0 Å². The molecule has 0 aliphatic carbocycles. The van der Waals surface area contributed by atoms with Gasteiger partial charge in [-0.2, -0.15) is 13.2 Å². The minimum atomic E-state index is -4.48. The van der Waals surface area contributed by atoms with Crippen molar-refractivity contribution in [1.29, 1.82) is 0 Å². The summed E-state index contributed by atoms with van der Waals surface area (Å²) in [6.45, 7) is 5.61. The van der Waals surface area contributed by atoms with Crippen molar-refractivity contribution in [2.45, 2.75) is 70.4 Å². The van der Waals surface area contributed by atoms with Gasteiger partial charge in [0.1, 0.15) is 6.54 Å². The van der Waals surface area contributed by atoms with Crippen LogP contribution in [0.1, 0.15) is 52.0 Å². The zero-order valence-corrected chi connectivity index (χ0v) is 18.6. The summed E-state index contributed by atoms with van der Waals surface area (Å²) in [5.41, 5.74) is -0.193. The van der Waals surface area contributed by atoms with E-state index >= 15 is 0 Å². The van der Waals surface area contributed by atoms with Crippen LogP contribution in [0.4, 0.5) is 13.2 Å². The second kappa shape index (κ2) is 11.4. The number of imidazole rings is 1. The van der Waals surface area contributed by atoms with E-state index in [0.29, 0.717) is 48.7 Å². The number of alkyl halides is 3. The zero-order valence-electron chi connectivity index (χ0n) is 17.8. The molecule has 1 heterocycles. The minimum Gasteiger partial charge on any atom is -0.466 e. The maximum absolute atomic E-state index is 13.1. The molecule has 0 saturated carbocycles. The fraction of sp³-hybridized carbons (Fsp3) is 0.571. The Morgan fingerprint density at radius 1 is 1.19 bits per heavy atom. The number of nitrogens with zero attached hydrogens (tertiary/aromatic N) is 2. The molecule has 0 N–H and O–H groups in total. The molecule has 10 heteroatoms. The summed E-state index contributed by atoms with van der Waals surface area (Å²) in [7, 11) is 0. The van der Waals surface area contributed by atoms with Gasteiger partial charge in [-0.05, 0) is 51.3 Å². The van der Waals surface area contributed by atoms with Crippen molar-refractivity contribution >= 4 is 34.7 Å². The molecule has 0 amide bonds. The Kier molecular flexibility index (Phi) is 9.21. The number of benzene rings is 1. The van der Waals surface area contributed by atoms with Crippen LogP contribution in [-0.2, 0) is 31.8 Å². The first-order valence-electron chi connectivity index (χ1n) is 10.2. The highest BCUT2D eigenvalue weighted by Gasteiger charge is 2.31. The van der Waals surface area contributed by atoms with E-state index in [1.165, 1.54) is 17.8 Å². The summed E-state index contributed by atoms with van der Waals surface area (Å²) in [6.07, 6.45) is -2.45. The number of carbonyl (C=O) groups is 2. The number of fused-ring (bicyclic) bond motifs is 1. The van der Waals surface area contributed by atoms with E-state index in [-0.39, 0.29) is 24.1 Å². The molecule has 1 atom stereocenters. The molecule has 2 aromatic rings. The third kappa shape index (κ3) is 7.45. The lowest BCUT2D eigenvalue weighted by molar-refractivity contribution is -0.149. The minimum absolute atomic E-state index is 0.142. The summed E-state index contributed by atoms with van der Waals surface area (Å²) >= 11 is 1.33. The molecular formula is C21H27F3N2O4S. The van der Waals surface area contributed by atoms with Crippen LogP contribution in [0.15, 0.2) is 23.4 Å². The van der Waals surface area contributed by atoms with Gasteiger partial charge in [-0.3, -0.25) is 9.59 Å². The predicted octanol–water partition coefficient (Wildman–Crippen LogP) is 5.22. The van der Waals surface area contributed by atoms with E-state index in [1.54, 1.807) is 18.4 Å². The zero-order chi connectivity index (χ0) is 23.0. The number of thioether (sulfide) groups is 1. The molecule has 31 heavy (non-hydrogen) atoms. The van der Waals surface area contributed by atoms with E-state index in [2.05, 4.69) is 4.98 Å². The van der Waals surface area contributed by atoms with Crippen molar-refractivity contribution in [3.8, 4) is 0 Å². The van der Waals surface area contributed by atoms with Crippen molar-refractivity contribution < 1.29 is 32.2 Å². The lowest BCUT2D eigenvalue weighted by atomic mass is 10.2. The molecule has 2 rings (SSSR count). The smallest absolute Gasteiger partial charge is 0.416 e. The topological polar surface area (TPSA) is 70.4 Å².